The Hall–Kier alpha value is -1.92. The van der Waals surface area contributed by atoms with E-state index in [0.717, 1.165) is 70.6 Å². The lowest BCUT2D eigenvalue weighted by Gasteiger charge is -2.37. The number of carbonyl (C=O) groups excluding carboxylic acids is 2. The van der Waals surface area contributed by atoms with Crippen LogP contribution in [0.15, 0.2) is 24.3 Å². The number of benzene rings is 1. The van der Waals surface area contributed by atoms with Gasteiger partial charge in [-0.2, -0.15) is 0 Å². The molecule has 1 amide bonds. The SMILES string of the molecule is CN1CCN(CCCN2CCN(c3ccc(C=O)cc3)CC2)CC1=O. The van der Waals surface area contributed by atoms with Gasteiger partial charge in [-0.3, -0.25) is 19.4 Å². The summed E-state index contributed by atoms with van der Waals surface area (Å²) in [6.45, 7) is 8.69. The highest BCUT2D eigenvalue weighted by Crippen LogP contribution is 2.17. The minimum atomic E-state index is 0.237. The van der Waals surface area contributed by atoms with Crippen molar-refractivity contribution in [3.05, 3.63) is 29.8 Å². The molecule has 6 heteroatoms. The summed E-state index contributed by atoms with van der Waals surface area (Å²) in [5, 5.41) is 0. The first-order chi connectivity index (χ1) is 12.2. The molecule has 2 heterocycles. The van der Waals surface area contributed by atoms with Crippen molar-refractivity contribution in [2.24, 2.45) is 0 Å². The fourth-order valence-electron chi connectivity index (χ4n) is 3.51. The third-order valence-corrected chi connectivity index (χ3v) is 5.25. The lowest BCUT2D eigenvalue weighted by Crippen LogP contribution is -2.50. The molecule has 6 nitrogen and oxygen atoms in total. The van der Waals surface area contributed by atoms with Gasteiger partial charge in [0.15, 0.2) is 0 Å². The second-order valence-corrected chi connectivity index (χ2v) is 6.98. The van der Waals surface area contributed by atoms with E-state index in [0.29, 0.717) is 6.54 Å². The predicted molar refractivity (Wildman–Crippen MR) is 99.2 cm³/mol. The molecular formula is C19H28N4O2. The van der Waals surface area contributed by atoms with Crippen LogP contribution in [0.2, 0.25) is 0 Å². The van der Waals surface area contributed by atoms with E-state index in [4.69, 9.17) is 0 Å². The summed E-state index contributed by atoms with van der Waals surface area (Å²) in [7, 11) is 1.88. The van der Waals surface area contributed by atoms with E-state index in [1.54, 1.807) is 0 Å². The van der Waals surface area contributed by atoms with Gasteiger partial charge in [-0.05, 0) is 43.8 Å². The molecule has 0 saturated carbocycles. The Morgan fingerprint density at radius 2 is 1.56 bits per heavy atom. The maximum Gasteiger partial charge on any atom is 0.236 e. The number of aldehydes is 1. The van der Waals surface area contributed by atoms with Crippen molar-refractivity contribution >= 4 is 17.9 Å². The smallest absolute Gasteiger partial charge is 0.236 e. The van der Waals surface area contributed by atoms with Crippen LogP contribution in [0.25, 0.3) is 0 Å². The third-order valence-electron chi connectivity index (χ3n) is 5.25. The van der Waals surface area contributed by atoms with Gasteiger partial charge in [0.1, 0.15) is 6.29 Å². The van der Waals surface area contributed by atoms with Crippen LogP contribution >= 0.6 is 0 Å². The van der Waals surface area contributed by atoms with Crippen molar-refractivity contribution in [3.63, 3.8) is 0 Å². The molecule has 1 aromatic carbocycles. The topological polar surface area (TPSA) is 47.1 Å². The normalized spacial score (nSPS) is 20.1. The monoisotopic (exact) mass is 344 g/mol. The summed E-state index contributed by atoms with van der Waals surface area (Å²) in [4.78, 5) is 31.4. The summed E-state index contributed by atoms with van der Waals surface area (Å²) in [6, 6.07) is 7.83. The van der Waals surface area contributed by atoms with Crippen LogP contribution in [0, 0.1) is 0 Å². The van der Waals surface area contributed by atoms with Crippen LogP contribution in [0.1, 0.15) is 16.8 Å². The van der Waals surface area contributed by atoms with Crippen molar-refractivity contribution in [2.75, 3.05) is 70.9 Å². The number of hydrogen-bond donors (Lipinski definition) is 0. The molecule has 0 bridgehead atoms. The molecule has 2 fully saturated rings. The number of nitrogens with zero attached hydrogens (tertiary/aromatic N) is 4. The van der Waals surface area contributed by atoms with Gasteiger partial charge in [-0.15, -0.1) is 0 Å². The number of hydrogen-bond acceptors (Lipinski definition) is 5. The first-order valence-corrected chi connectivity index (χ1v) is 9.14. The van der Waals surface area contributed by atoms with E-state index in [2.05, 4.69) is 14.7 Å². The first kappa shape index (κ1) is 17.9. The van der Waals surface area contributed by atoms with E-state index in [9.17, 15) is 9.59 Å². The fourth-order valence-corrected chi connectivity index (χ4v) is 3.51. The quantitative estimate of drug-likeness (QED) is 0.714. The molecule has 2 aliphatic rings. The predicted octanol–water partition coefficient (Wildman–Crippen LogP) is 0.785. The first-order valence-electron chi connectivity index (χ1n) is 9.14. The molecule has 3 rings (SSSR count). The Bertz CT molecular complexity index is 582. The highest BCUT2D eigenvalue weighted by molar-refractivity contribution is 5.78. The van der Waals surface area contributed by atoms with Gasteiger partial charge < -0.3 is 9.80 Å². The van der Waals surface area contributed by atoms with Crippen molar-refractivity contribution in [3.8, 4) is 0 Å². The molecule has 0 radical (unpaired) electrons. The summed E-state index contributed by atoms with van der Waals surface area (Å²) >= 11 is 0. The molecule has 0 aliphatic carbocycles. The Morgan fingerprint density at radius 3 is 2.20 bits per heavy atom. The molecule has 0 aromatic heterocycles. The molecule has 2 saturated heterocycles. The van der Waals surface area contributed by atoms with Crippen molar-refractivity contribution in [1.29, 1.82) is 0 Å². The molecule has 0 unspecified atom stereocenters. The van der Waals surface area contributed by atoms with Gasteiger partial charge in [0.05, 0.1) is 6.54 Å². The molecule has 1 aromatic rings. The number of anilines is 1. The lowest BCUT2D eigenvalue weighted by atomic mass is 10.2. The van der Waals surface area contributed by atoms with Gasteiger partial charge in [0.2, 0.25) is 5.91 Å². The van der Waals surface area contributed by atoms with Crippen LogP contribution in [0.5, 0.6) is 0 Å². The van der Waals surface area contributed by atoms with E-state index in [1.807, 2.05) is 36.2 Å². The Labute approximate surface area is 150 Å². The number of carbonyl (C=O) groups is 2. The van der Waals surface area contributed by atoms with Gasteiger partial charge >= 0.3 is 0 Å². The lowest BCUT2D eigenvalue weighted by molar-refractivity contribution is -0.134. The van der Waals surface area contributed by atoms with Crippen LogP contribution < -0.4 is 4.90 Å². The Morgan fingerprint density at radius 1 is 0.920 bits per heavy atom. The number of amides is 1. The van der Waals surface area contributed by atoms with Crippen molar-refractivity contribution < 1.29 is 9.59 Å². The molecule has 0 spiro atoms. The number of piperazine rings is 2. The van der Waals surface area contributed by atoms with Crippen molar-refractivity contribution in [1.82, 2.24) is 14.7 Å². The summed E-state index contributed by atoms with van der Waals surface area (Å²) in [5.41, 5.74) is 1.92. The maximum atomic E-state index is 11.7. The van der Waals surface area contributed by atoms with E-state index >= 15 is 0 Å². The van der Waals surface area contributed by atoms with Gasteiger partial charge in [0.25, 0.3) is 0 Å². The van der Waals surface area contributed by atoms with Gasteiger partial charge in [0, 0.05) is 57.6 Å². The zero-order valence-corrected chi connectivity index (χ0v) is 15.1. The average Bonchev–Trinajstić information content (AvgIpc) is 2.65. The van der Waals surface area contributed by atoms with Crippen LogP contribution in [-0.2, 0) is 4.79 Å². The van der Waals surface area contributed by atoms with Crippen LogP contribution in [0.4, 0.5) is 5.69 Å². The van der Waals surface area contributed by atoms with Crippen LogP contribution in [-0.4, -0.2) is 92.8 Å². The molecule has 0 atom stereocenters. The Kier molecular flexibility index (Phi) is 6.04. The fraction of sp³-hybridized carbons (Fsp3) is 0.579. The average molecular weight is 344 g/mol. The molecule has 136 valence electrons. The highest BCUT2D eigenvalue weighted by atomic mass is 16.2. The summed E-state index contributed by atoms with van der Waals surface area (Å²) in [6.07, 6.45) is 2.00. The highest BCUT2D eigenvalue weighted by Gasteiger charge is 2.21. The number of rotatable bonds is 6. The van der Waals surface area contributed by atoms with E-state index < -0.39 is 0 Å². The van der Waals surface area contributed by atoms with Crippen molar-refractivity contribution in [2.45, 2.75) is 6.42 Å². The zero-order valence-electron chi connectivity index (χ0n) is 15.1. The van der Waals surface area contributed by atoms with E-state index in [1.165, 1.54) is 5.69 Å². The molecule has 25 heavy (non-hydrogen) atoms. The Balaban J connectivity index is 1.36. The second-order valence-electron chi connectivity index (χ2n) is 6.98. The number of likely N-dealkylation sites (N-methyl/N-ethyl adjacent to an activating group) is 1. The summed E-state index contributed by atoms with van der Waals surface area (Å²) < 4.78 is 0. The third kappa shape index (κ3) is 4.80. The maximum absolute atomic E-state index is 11.7. The second kappa shape index (κ2) is 8.45. The molecule has 2 aliphatic heterocycles. The van der Waals surface area contributed by atoms with Gasteiger partial charge in [-0.25, -0.2) is 0 Å². The largest absolute Gasteiger partial charge is 0.369 e. The van der Waals surface area contributed by atoms with Gasteiger partial charge in [-0.1, -0.05) is 0 Å². The zero-order chi connectivity index (χ0) is 17.6. The minimum absolute atomic E-state index is 0.237. The van der Waals surface area contributed by atoms with Crippen LogP contribution in [0.3, 0.4) is 0 Å². The molecular weight excluding hydrogens is 316 g/mol. The minimum Gasteiger partial charge on any atom is -0.369 e. The standard InChI is InChI=1S/C19H28N4O2/c1-20-9-10-22(15-19(20)25)8-2-7-21-11-13-23(14-12-21)18-5-3-17(16-24)4-6-18/h3-6,16H,2,7-15H2,1H3. The molecule has 0 N–H and O–H groups in total. The summed E-state index contributed by atoms with van der Waals surface area (Å²) in [5.74, 6) is 0.237. The van der Waals surface area contributed by atoms with E-state index in [-0.39, 0.29) is 5.91 Å².